The first-order valence-corrected chi connectivity index (χ1v) is 6.00. The summed E-state index contributed by atoms with van der Waals surface area (Å²) in [6, 6.07) is 5.07. The van der Waals surface area contributed by atoms with E-state index < -0.39 is 0 Å². The Morgan fingerprint density at radius 3 is 2.75 bits per heavy atom. The minimum atomic E-state index is -0.152. The number of halogens is 2. The topological polar surface area (TPSA) is 29.1 Å². The summed E-state index contributed by atoms with van der Waals surface area (Å²) in [6.07, 6.45) is 2.35. The molecule has 0 radical (unpaired) electrons. The normalized spacial score (nSPS) is 16.9. The molecule has 0 bridgehead atoms. The van der Waals surface area contributed by atoms with Gasteiger partial charge in [-0.2, -0.15) is 0 Å². The van der Waals surface area contributed by atoms with E-state index in [9.17, 15) is 4.79 Å². The van der Waals surface area contributed by atoms with Gasteiger partial charge in [-0.1, -0.05) is 36.2 Å². The van der Waals surface area contributed by atoms with Gasteiger partial charge in [-0.25, -0.2) is 0 Å². The van der Waals surface area contributed by atoms with Crippen molar-refractivity contribution < 1.29 is 4.79 Å². The van der Waals surface area contributed by atoms with Crippen molar-refractivity contribution >= 4 is 29.1 Å². The van der Waals surface area contributed by atoms with Gasteiger partial charge in [0.15, 0.2) is 0 Å². The minimum Gasteiger partial charge on any atom is -0.351 e. The molecular formula is C12H13Cl2NO. The van der Waals surface area contributed by atoms with Gasteiger partial charge in [-0.15, -0.1) is 0 Å². The highest BCUT2D eigenvalue weighted by Crippen LogP contribution is 2.44. The van der Waals surface area contributed by atoms with E-state index >= 15 is 0 Å². The largest absolute Gasteiger partial charge is 0.351 e. The summed E-state index contributed by atoms with van der Waals surface area (Å²) in [4.78, 5) is 11.8. The molecule has 0 aliphatic heterocycles. The second-order valence-electron chi connectivity index (χ2n) is 4.59. The van der Waals surface area contributed by atoms with Crippen LogP contribution < -0.4 is 5.32 Å². The minimum absolute atomic E-state index is 0.152. The Hall–Kier alpha value is -0.730. The number of hydrogen-bond acceptors (Lipinski definition) is 1. The zero-order valence-electron chi connectivity index (χ0n) is 9.02. The van der Waals surface area contributed by atoms with Crippen molar-refractivity contribution in [3.05, 3.63) is 33.8 Å². The lowest BCUT2D eigenvalue weighted by molar-refractivity contribution is 0.0946. The lowest BCUT2D eigenvalue weighted by Gasteiger charge is -2.11. The predicted octanol–water partition coefficient (Wildman–Crippen LogP) is 3.52. The second kappa shape index (κ2) is 4.27. The van der Waals surface area contributed by atoms with Crippen molar-refractivity contribution in [2.24, 2.45) is 5.41 Å². The molecule has 0 unspecified atom stereocenters. The molecule has 0 atom stereocenters. The molecule has 4 heteroatoms. The Labute approximate surface area is 105 Å². The molecule has 2 nitrogen and oxygen atoms in total. The number of amides is 1. The zero-order chi connectivity index (χ0) is 11.8. The van der Waals surface area contributed by atoms with Crippen molar-refractivity contribution in [2.45, 2.75) is 19.8 Å². The Morgan fingerprint density at radius 2 is 2.12 bits per heavy atom. The summed E-state index contributed by atoms with van der Waals surface area (Å²) in [7, 11) is 0. The number of carbonyl (C=O) groups is 1. The van der Waals surface area contributed by atoms with Crippen LogP contribution in [0.4, 0.5) is 0 Å². The van der Waals surface area contributed by atoms with Crippen LogP contribution in [0, 0.1) is 5.41 Å². The molecule has 1 aromatic rings. The Kier molecular flexibility index (Phi) is 3.13. The number of carbonyl (C=O) groups excluding carboxylic acids is 1. The number of benzene rings is 1. The molecular weight excluding hydrogens is 245 g/mol. The van der Waals surface area contributed by atoms with Gasteiger partial charge in [0.05, 0.1) is 15.6 Å². The van der Waals surface area contributed by atoms with Gasteiger partial charge < -0.3 is 5.32 Å². The van der Waals surface area contributed by atoms with E-state index in [-0.39, 0.29) is 5.91 Å². The fourth-order valence-electron chi connectivity index (χ4n) is 1.46. The van der Waals surface area contributed by atoms with E-state index in [0.717, 1.165) is 0 Å². The molecule has 1 amide bonds. The maximum atomic E-state index is 11.8. The lowest BCUT2D eigenvalue weighted by atomic mass is 10.1. The molecule has 2 rings (SSSR count). The summed E-state index contributed by atoms with van der Waals surface area (Å²) in [5.74, 6) is -0.152. The van der Waals surface area contributed by atoms with Crippen LogP contribution in [-0.4, -0.2) is 12.5 Å². The smallest absolute Gasteiger partial charge is 0.252 e. The van der Waals surface area contributed by atoms with Crippen LogP contribution in [0.25, 0.3) is 0 Å². The Bertz CT molecular complexity index is 427. The van der Waals surface area contributed by atoms with E-state index in [1.54, 1.807) is 18.2 Å². The molecule has 86 valence electrons. The van der Waals surface area contributed by atoms with Crippen molar-refractivity contribution in [2.75, 3.05) is 6.54 Å². The predicted molar refractivity (Wildman–Crippen MR) is 66.1 cm³/mol. The molecule has 1 fully saturated rings. The van der Waals surface area contributed by atoms with Crippen molar-refractivity contribution in [1.82, 2.24) is 5.32 Å². The van der Waals surface area contributed by atoms with E-state index in [4.69, 9.17) is 23.2 Å². The average Bonchev–Trinajstić information content (AvgIpc) is 2.98. The molecule has 1 aliphatic rings. The van der Waals surface area contributed by atoms with Crippen molar-refractivity contribution in [1.29, 1.82) is 0 Å². The summed E-state index contributed by atoms with van der Waals surface area (Å²) in [6.45, 7) is 2.86. The highest BCUT2D eigenvalue weighted by atomic mass is 35.5. The van der Waals surface area contributed by atoms with Crippen LogP contribution in [0.2, 0.25) is 10.0 Å². The maximum absolute atomic E-state index is 11.8. The van der Waals surface area contributed by atoms with E-state index in [1.165, 1.54) is 12.8 Å². The summed E-state index contributed by atoms with van der Waals surface area (Å²) in [5, 5.41) is 3.62. The standard InChI is InChI=1S/C12H13Cl2NO/c1-12(5-6-12)7-15-11(16)8-3-2-4-9(13)10(8)14/h2-4H,5-7H2,1H3,(H,15,16). The molecule has 1 aromatic carbocycles. The zero-order valence-corrected chi connectivity index (χ0v) is 10.5. The van der Waals surface area contributed by atoms with Gasteiger partial charge in [0.2, 0.25) is 0 Å². The quantitative estimate of drug-likeness (QED) is 0.882. The fourth-order valence-corrected chi connectivity index (χ4v) is 1.84. The van der Waals surface area contributed by atoms with Gasteiger partial charge in [0, 0.05) is 6.54 Å². The first-order valence-electron chi connectivity index (χ1n) is 5.24. The second-order valence-corrected chi connectivity index (χ2v) is 5.38. The Morgan fingerprint density at radius 1 is 1.44 bits per heavy atom. The van der Waals surface area contributed by atoms with Crippen LogP contribution in [-0.2, 0) is 0 Å². The van der Waals surface area contributed by atoms with Crippen molar-refractivity contribution in [3.63, 3.8) is 0 Å². The first-order chi connectivity index (χ1) is 7.52. The molecule has 0 saturated heterocycles. The van der Waals surface area contributed by atoms with E-state index in [2.05, 4.69) is 12.2 Å². The molecule has 0 heterocycles. The number of rotatable bonds is 3. The highest BCUT2D eigenvalue weighted by molar-refractivity contribution is 6.43. The third-order valence-electron chi connectivity index (χ3n) is 2.98. The summed E-state index contributed by atoms with van der Waals surface area (Å²) in [5.41, 5.74) is 0.735. The van der Waals surface area contributed by atoms with Crippen LogP contribution in [0.5, 0.6) is 0 Å². The van der Waals surface area contributed by atoms with Crippen LogP contribution in [0.3, 0.4) is 0 Å². The fraction of sp³-hybridized carbons (Fsp3) is 0.417. The van der Waals surface area contributed by atoms with Gasteiger partial charge in [-0.3, -0.25) is 4.79 Å². The summed E-state index contributed by atoms with van der Waals surface area (Å²) >= 11 is 11.8. The lowest BCUT2D eigenvalue weighted by Crippen LogP contribution is -2.29. The molecule has 0 spiro atoms. The van der Waals surface area contributed by atoms with Crippen LogP contribution in [0.15, 0.2) is 18.2 Å². The monoisotopic (exact) mass is 257 g/mol. The van der Waals surface area contributed by atoms with Crippen LogP contribution >= 0.6 is 23.2 Å². The molecule has 1 N–H and O–H groups in total. The highest BCUT2D eigenvalue weighted by Gasteiger charge is 2.37. The van der Waals surface area contributed by atoms with Crippen molar-refractivity contribution in [3.8, 4) is 0 Å². The van der Waals surface area contributed by atoms with E-state index in [0.29, 0.717) is 27.6 Å². The first kappa shape index (κ1) is 11.7. The van der Waals surface area contributed by atoms with Gasteiger partial charge in [-0.05, 0) is 30.4 Å². The number of nitrogens with one attached hydrogen (secondary N) is 1. The van der Waals surface area contributed by atoms with E-state index in [1.807, 2.05) is 0 Å². The summed E-state index contributed by atoms with van der Waals surface area (Å²) < 4.78 is 0. The molecule has 1 aliphatic carbocycles. The third kappa shape index (κ3) is 2.50. The molecule has 0 aromatic heterocycles. The Balaban J connectivity index is 2.05. The van der Waals surface area contributed by atoms with Crippen LogP contribution in [0.1, 0.15) is 30.1 Å². The van der Waals surface area contributed by atoms with Gasteiger partial charge in [0.1, 0.15) is 0 Å². The molecule has 16 heavy (non-hydrogen) atoms. The van der Waals surface area contributed by atoms with Gasteiger partial charge >= 0.3 is 0 Å². The SMILES string of the molecule is CC1(CNC(=O)c2cccc(Cl)c2Cl)CC1. The maximum Gasteiger partial charge on any atom is 0.252 e. The number of hydrogen-bond donors (Lipinski definition) is 1. The third-order valence-corrected chi connectivity index (χ3v) is 3.79. The average molecular weight is 258 g/mol. The molecule has 1 saturated carbocycles. The van der Waals surface area contributed by atoms with Gasteiger partial charge in [0.25, 0.3) is 5.91 Å².